The summed E-state index contributed by atoms with van der Waals surface area (Å²) in [6.07, 6.45) is 2.98. The predicted octanol–water partition coefficient (Wildman–Crippen LogP) is 3.73. The minimum atomic E-state index is -1.52. The number of rotatable bonds is 2. The van der Waals surface area contributed by atoms with Crippen molar-refractivity contribution in [1.82, 2.24) is 4.98 Å². The van der Waals surface area contributed by atoms with Gasteiger partial charge in [0.05, 0.1) is 16.1 Å². The van der Waals surface area contributed by atoms with Gasteiger partial charge in [-0.3, -0.25) is 9.78 Å². The molecule has 1 aromatic carbocycles. The number of aromatic nitrogens is 1. The second kappa shape index (κ2) is 5.46. The molecular formula is C20H17N3O2S. The van der Waals surface area contributed by atoms with E-state index in [0.717, 1.165) is 27.9 Å². The fraction of sp³-hybridized carbons (Fsp3) is 0.250. The van der Waals surface area contributed by atoms with Gasteiger partial charge in [-0.15, -0.1) is 11.3 Å². The van der Waals surface area contributed by atoms with E-state index in [9.17, 15) is 9.90 Å². The number of benzene rings is 1. The lowest BCUT2D eigenvalue weighted by Crippen LogP contribution is -2.48. The van der Waals surface area contributed by atoms with Crippen molar-refractivity contribution < 1.29 is 9.90 Å². The summed E-state index contributed by atoms with van der Waals surface area (Å²) in [7, 11) is 0. The Morgan fingerprint density at radius 1 is 1.31 bits per heavy atom. The van der Waals surface area contributed by atoms with E-state index in [2.05, 4.69) is 11.9 Å². The highest BCUT2D eigenvalue weighted by atomic mass is 32.1. The van der Waals surface area contributed by atoms with E-state index in [0.29, 0.717) is 29.4 Å². The molecule has 0 saturated carbocycles. The van der Waals surface area contributed by atoms with E-state index >= 15 is 0 Å². The van der Waals surface area contributed by atoms with Gasteiger partial charge in [0.2, 0.25) is 5.78 Å². The Bertz CT molecular complexity index is 1090. The quantitative estimate of drug-likeness (QED) is 0.753. The molecule has 2 aliphatic heterocycles. The number of thiophene rings is 1. The highest BCUT2D eigenvalue weighted by Gasteiger charge is 2.53. The zero-order valence-corrected chi connectivity index (χ0v) is 15.1. The van der Waals surface area contributed by atoms with E-state index in [1.54, 1.807) is 6.20 Å². The zero-order chi connectivity index (χ0) is 17.9. The molecule has 1 fully saturated rings. The van der Waals surface area contributed by atoms with Crippen LogP contribution in [0.15, 0.2) is 47.6 Å². The molecule has 4 heterocycles. The van der Waals surface area contributed by atoms with Gasteiger partial charge < -0.3 is 10.0 Å². The van der Waals surface area contributed by atoms with Crippen molar-refractivity contribution in [2.24, 2.45) is 4.99 Å². The topological polar surface area (TPSA) is 65.8 Å². The Morgan fingerprint density at radius 2 is 2.19 bits per heavy atom. The maximum Gasteiger partial charge on any atom is 0.214 e. The Kier molecular flexibility index (Phi) is 3.29. The van der Waals surface area contributed by atoms with Crippen molar-refractivity contribution in [1.29, 1.82) is 0 Å². The third kappa shape index (κ3) is 2.09. The average molecular weight is 363 g/mol. The molecule has 0 bridgehead atoms. The lowest BCUT2D eigenvalue weighted by molar-refractivity contribution is 0.0607. The number of anilines is 1. The molecule has 2 aliphatic rings. The lowest BCUT2D eigenvalue weighted by atomic mass is 9.92. The first-order valence-electron chi connectivity index (χ1n) is 8.71. The summed E-state index contributed by atoms with van der Waals surface area (Å²) in [4.78, 5) is 25.7. The molecule has 2 aromatic heterocycles. The van der Waals surface area contributed by atoms with Crippen LogP contribution in [0.4, 0.5) is 11.4 Å². The summed E-state index contributed by atoms with van der Waals surface area (Å²) < 4.78 is 0. The SMILES string of the molecule is CCc1cc2c(s1)C(=O)[C@]1(O)CCN(c3ccc4ncccc4c3)C1=N2. The largest absolute Gasteiger partial charge is 0.374 e. The van der Waals surface area contributed by atoms with Crippen molar-refractivity contribution in [2.75, 3.05) is 11.4 Å². The molecule has 5 nitrogen and oxygen atoms in total. The number of pyridine rings is 1. The predicted molar refractivity (Wildman–Crippen MR) is 104 cm³/mol. The van der Waals surface area contributed by atoms with Crippen LogP contribution in [0.3, 0.4) is 0 Å². The third-order valence-corrected chi connectivity index (χ3v) is 6.41. The molecular weight excluding hydrogens is 346 g/mol. The average Bonchev–Trinajstić information content (AvgIpc) is 3.23. The van der Waals surface area contributed by atoms with Crippen molar-refractivity contribution in [3.05, 3.63) is 52.3 Å². The number of ketones is 1. The van der Waals surface area contributed by atoms with Gasteiger partial charge in [0, 0.05) is 35.1 Å². The zero-order valence-electron chi connectivity index (χ0n) is 14.3. The van der Waals surface area contributed by atoms with Crippen molar-refractivity contribution >= 4 is 45.2 Å². The summed E-state index contributed by atoms with van der Waals surface area (Å²) in [5.74, 6) is 0.228. The summed E-state index contributed by atoms with van der Waals surface area (Å²) in [5, 5.41) is 12.1. The van der Waals surface area contributed by atoms with Crippen LogP contribution in [-0.2, 0) is 6.42 Å². The minimum Gasteiger partial charge on any atom is -0.374 e. The standard InChI is InChI=1S/C20H17N3O2S/c1-2-14-11-16-17(26-14)18(24)20(25)7-9-23(19(20)22-16)13-5-6-15-12(10-13)4-3-8-21-15/h3-6,8,10-11,25H,2,7,9H2,1H3/t20-/m1/s1. The molecule has 1 atom stereocenters. The number of aliphatic imine (C=N–C) groups is 1. The Morgan fingerprint density at radius 3 is 3.04 bits per heavy atom. The second-order valence-corrected chi connectivity index (χ2v) is 7.82. The number of carbonyl (C=O) groups is 1. The summed E-state index contributed by atoms with van der Waals surface area (Å²) >= 11 is 1.45. The number of hydrogen-bond donors (Lipinski definition) is 1. The third-order valence-electron chi connectivity index (χ3n) is 5.14. The number of aryl methyl sites for hydroxylation is 1. The molecule has 130 valence electrons. The molecule has 0 aliphatic carbocycles. The number of hydrogen-bond acceptors (Lipinski definition) is 6. The van der Waals surface area contributed by atoms with Gasteiger partial charge in [-0.05, 0) is 36.8 Å². The van der Waals surface area contributed by atoms with E-state index in [1.165, 1.54) is 11.3 Å². The van der Waals surface area contributed by atoms with Crippen LogP contribution < -0.4 is 4.90 Å². The highest BCUT2D eigenvalue weighted by Crippen LogP contribution is 2.43. The Balaban J connectivity index is 1.64. The Labute approximate surface area is 154 Å². The molecule has 5 rings (SSSR count). The molecule has 3 aromatic rings. The fourth-order valence-corrected chi connectivity index (χ4v) is 4.77. The number of nitrogens with zero attached hydrogens (tertiary/aromatic N) is 3. The lowest BCUT2D eigenvalue weighted by Gasteiger charge is -2.28. The number of Topliss-reactive ketones (excluding diaryl/α,β-unsaturated/α-hetero) is 1. The summed E-state index contributed by atoms with van der Waals surface area (Å²) in [5.41, 5.74) is 1.00. The minimum absolute atomic E-state index is 0.216. The summed E-state index contributed by atoms with van der Waals surface area (Å²) in [6.45, 7) is 2.61. The van der Waals surface area contributed by atoms with Crippen LogP contribution >= 0.6 is 11.3 Å². The van der Waals surface area contributed by atoms with Crippen LogP contribution in [0.25, 0.3) is 10.9 Å². The van der Waals surface area contributed by atoms with Gasteiger partial charge in [0.1, 0.15) is 5.84 Å². The number of fused-ring (bicyclic) bond motifs is 3. The van der Waals surface area contributed by atoms with Gasteiger partial charge in [-0.1, -0.05) is 13.0 Å². The van der Waals surface area contributed by atoms with Gasteiger partial charge in [-0.25, -0.2) is 4.99 Å². The van der Waals surface area contributed by atoms with Crippen molar-refractivity contribution in [2.45, 2.75) is 25.4 Å². The molecule has 1 N–H and O–H groups in total. The maximum absolute atomic E-state index is 13.0. The first-order valence-corrected chi connectivity index (χ1v) is 9.53. The molecule has 0 spiro atoms. The normalized spacial score (nSPS) is 21.7. The molecule has 0 unspecified atom stereocenters. The van der Waals surface area contributed by atoms with Crippen LogP contribution in [0, 0.1) is 0 Å². The van der Waals surface area contributed by atoms with E-state index in [1.807, 2.05) is 41.3 Å². The van der Waals surface area contributed by atoms with Crippen LogP contribution in [-0.4, -0.2) is 33.9 Å². The van der Waals surface area contributed by atoms with Gasteiger partial charge in [0.25, 0.3) is 0 Å². The van der Waals surface area contributed by atoms with E-state index in [-0.39, 0.29) is 5.78 Å². The van der Waals surface area contributed by atoms with E-state index in [4.69, 9.17) is 4.99 Å². The first kappa shape index (κ1) is 15.7. The fourth-order valence-electron chi connectivity index (χ4n) is 3.72. The van der Waals surface area contributed by atoms with Crippen LogP contribution in [0.2, 0.25) is 0 Å². The first-order chi connectivity index (χ1) is 12.6. The number of amidine groups is 1. The van der Waals surface area contributed by atoms with Gasteiger partial charge >= 0.3 is 0 Å². The van der Waals surface area contributed by atoms with Gasteiger partial charge in [0.15, 0.2) is 5.60 Å². The van der Waals surface area contributed by atoms with Crippen LogP contribution in [0.5, 0.6) is 0 Å². The molecule has 6 heteroatoms. The number of carbonyl (C=O) groups excluding carboxylic acids is 1. The second-order valence-electron chi connectivity index (χ2n) is 6.69. The molecule has 0 radical (unpaired) electrons. The molecule has 26 heavy (non-hydrogen) atoms. The Hall–Kier alpha value is -2.57. The summed E-state index contributed by atoms with van der Waals surface area (Å²) in [6, 6.07) is 11.8. The smallest absolute Gasteiger partial charge is 0.214 e. The molecule has 1 saturated heterocycles. The van der Waals surface area contributed by atoms with Crippen molar-refractivity contribution in [3.63, 3.8) is 0 Å². The molecule has 0 amide bonds. The monoisotopic (exact) mass is 363 g/mol. The van der Waals surface area contributed by atoms with E-state index < -0.39 is 5.60 Å². The van der Waals surface area contributed by atoms with Crippen molar-refractivity contribution in [3.8, 4) is 0 Å². The van der Waals surface area contributed by atoms with Crippen LogP contribution in [0.1, 0.15) is 27.9 Å². The number of aliphatic hydroxyl groups is 1. The maximum atomic E-state index is 13.0. The highest BCUT2D eigenvalue weighted by molar-refractivity contribution is 7.14. The van der Waals surface area contributed by atoms with Gasteiger partial charge in [-0.2, -0.15) is 0 Å².